The Balaban J connectivity index is 1.55. The second-order valence-corrected chi connectivity index (χ2v) is 5.97. The number of rotatable bonds is 5. The van der Waals surface area contributed by atoms with Crippen LogP contribution in [0.5, 0.6) is 0 Å². The Labute approximate surface area is 137 Å². The van der Waals surface area contributed by atoms with Crippen LogP contribution in [0, 0.1) is 0 Å². The summed E-state index contributed by atoms with van der Waals surface area (Å²) in [5.74, 6) is -0.483. The number of thiophene rings is 1. The van der Waals surface area contributed by atoms with Crippen LogP contribution >= 0.6 is 11.3 Å². The maximum absolute atomic E-state index is 11.9. The highest BCUT2D eigenvalue weighted by Gasteiger charge is 2.11. The molecule has 118 valence electrons. The van der Waals surface area contributed by atoms with E-state index >= 15 is 0 Å². The maximum atomic E-state index is 11.9. The van der Waals surface area contributed by atoms with Gasteiger partial charge in [0, 0.05) is 12.4 Å². The van der Waals surface area contributed by atoms with Gasteiger partial charge >= 0.3 is 0 Å². The quantitative estimate of drug-likeness (QED) is 0.748. The molecular formula is C16H16N4O2S. The van der Waals surface area contributed by atoms with E-state index in [9.17, 15) is 9.59 Å². The van der Waals surface area contributed by atoms with Gasteiger partial charge in [-0.05, 0) is 17.5 Å². The van der Waals surface area contributed by atoms with Crippen LogP contribution in [0.2, 0.25) is 0 Å². The van der Waals surface area contributed by atoms with E-state index < -0.39 is 0 Å². The number of benzene rings is 1. The van der Waals surface area contributed by atoms with Crippen LogP contribution in [0.25, 0.3) is 10.9 Å². The predicted octanol–water partition coefficient (Wildman–Crippen LogP) is 1.68. The summed E-state index contributed by atoms with van der Waals surface area (Å²) in [5, 5.41) is 12.6. The fourth-order valence-electron chi connectivity index (χ4n) is 2.32. The van der Waals surface area contributed by atoms with Crippen molar-refractivity contribution in [2.24, 2.45) is 7.05 Å². The summed E-state index contributed by atoms with van der Waals surface area (Å²) in [7, 11) is 1.87. The number of fused-ring (bicyclic) bond motifs is 1. The van der Waals surface area contributed by atoms with Crippen LogP contribution in [0.4, 0.5) is 0 Å². The van der Waals surface area contributed by atoms with Gasteiger partial charge in [0.25, 0.3) is 5.91 Å². The highest BCUT2D eigenvalue weighted by molar-refractivity contribution is 7.12. The number of hydrogen-bond donors (Lipinski definition) is 2. The fraction of sp³-hybridized carbons (Fsp3) is 0.188. The first kappa shape index (κ1) is 15.2. The first-order valence-electron chi connectivity index (χ1n) is 7.14. The van der Waals surface area contributed by atoms with Crippen molar-refractivity contribution in [2.45, 2.75) is 6.54 Å². The Morgan fingerprint density at radius 1 is 1.17 bits per heavy atom. The molecule has 0 saturated carbocycles. The van der Waals surface area contributed by atoms with E-state index in [-0.39, 0.29) is 18.4 Å². The summed E-state index contributed by atoms with van der Waals surface area (Å²) in [6.07, 6.45) is 0. The molecule has 0 aliphatic rings. The van der Waals surface area contributed by atoms with Crippen LogP contribution in [0.3, 0.4) is 0 Å². The van der Waals surface area contributed by atoms with Gasteiger partial charge in [0.15, 0.2) is 0 Å². The maximum Gasteiger partial charge on any atom is 0.261 e. The molecule has 6 nitrogen and oxygen atoms in total. The Bertz CT molecular complexity index is 839. The van der Waals surface area contributed by atoms with E-state index in [1.54, 1.807) is 16.8 Å². The van der Waals surface area contributed by atoms with Crippen molar-refractivity contribution in [1.29, 1.82) is 0 Å². The molecule has 2 aromatic heterocycles. The normalized spacial score (nSPS) is 10.7. The topological polar surface area (TPSA) is 76.0 Å². The molecule has 0 spiro atoms. The number of carbonyl (C=O) groups excluding carboxylic acids is 2. The SMILES string of the molecule is Cn1nc(CNC(=O)CNC(=O)c2cccs2)c2ccccc21. The number of aryl methyl sites for hydroxylation is 1. The third kappa shape index (κ3) is 3.40. The van der Waals surface area contributed by atoms with Gasteiger partial charge in [-0.3, -0.25) is 14.3 Å². The lowest BCUT2D eigenvalue weighted by molar-refractivity contribution is -0.120. The minimum Gasteiger partial charge on any atom is -0.349 e. The molecule has 2 N–H and O–H groups in total. The smallest absolute Gasteiger partial charge is 0.261 e. The van der Waals surface area contributed by atoms with Gasteiger partial charge in [0.2, 0.25) is 5.91 Å². The van der Waals surface area contributed by atoms with Crippen LogP contribution in [-0.4, -0.2) is 28.1 Å². The van der Waals surface area contributed by atoms with Crippen LogP contribution in [-0.2, 0) is 18.4 Å². The molecule has 3 aromatic rings. The first-order valence-corrected chi connectivity index (χ1v) is 8.02. The van der Waals surface area contributed by atoms with Gasteiger partial charge in [-0.15, -0.1) is 11.3 Å². The van der Waals surface area contributed by atoms with E-state index in [0.717, 1.165) is 16.6 Å². The van der Waals surface area contributed by atoms with Crippen molar-refractivity contribution < 1.29 is 9.59 Å². The third-order valence-electron chi connectivity index (χ3n) is 3.44. The van der Waals surface area contributed by atoms with Crippen molar-refractivity contribution in [3.8, 4) is 0 Å². The fourth-order valence-corrected chi connectivity index (χ4v) is 2.96. The standard InChI is InChI=1S/C16H16N4O2S/c1-20-13-6-3-2-5-11(13)12(19-20)9-17-15(21)10-18-16(22)14-7-4-8-23-14/h2-8H,9-10H2,1H3,(H,17,21)(H,18,22). The summed E-state index contributed by atoms with van der Waals surface area (Å²) in [5.41, 5.74) is 1.82. The first-order chi connectivity index (χ1) is 11.1. The van der Waals surface area contributed by atoms with Gasteiger partial charge < -0.3 is 10.6 Å². The summed E-state index contributed by atoms with van der Waals surface area (Å²) in [4.78, 5) is 24.2. The lowest BCUT2D eigenvalue weighted by atomic mass is 10.2. The number of nitrogens with zero attached hydrogens (tertiary/aromatic N) is 2. The molecule has 1 aromatic carbocycles. The van der Waals surface area contributed by atoms with Crippen molar-refractivity contribution in [3.05, 3.63) is 52.3 Å². The molecule has 0 saturated heterocycles. The van der Waals surface area contributed by atoms with E-state index in [1.165, 1.54) is 11.3 Å². The Morgan fingerprint density at radius 2 is 2.00 bits per heavy atom. The third-order valence-corrected chi connectivity index (χ3v) is 4.31. The molecule has 2 amide bonds. The Hall–Kier alpha value is -2.67. The second kappa shape index (κ2) is 6.62. The zero-order valence-electron chi connectivity index (χ0n) is 12.6. The summed E-state index contributed by atoms with van der Waals surface area (Å²) in [6, 6.07) is 11.4. The molecule has 3 rings (SSSR count). The van der Waals surface area contributed by atoms with Gasteiger partial charge in [0.1, 0.15) is 0 Å². The minimum absolute atomic E-state index is 0.0541. The number of hydrogen-bond acceptors (Lipinski definition) is 4. The van der Waals surface area contributed by atoms with Crippen molar-refractivity contribution >= 4 is 34.1 Å². The van der Waals surface area contributed by atoms with Gasteiger partial charge in [-0.2, -0.15) is 5.10 Å². The van der Waals surface area contributed by atoms with Crippen LogP contribution in [0.1, 0.15) is 15.4 Å². The average Bonchev–Trinajstić information content (AvgIpc) is 3.20. The minimum atomic E-state index is -0.246. The molecular weight excluding hydrogens is 312 g/mol. The van der Waals surface area contributed by atoms with E-state index in [2.05, 4.69) is 15.7 Å². The van der Waals surface area contributed by atoms with Crippen LogP contribution in [0.15, 0.2) is 41.8 Å². The number of amides is 2. The molecule has 23 heavy (non-hydrogen) atoms. The molecule has 0 radical (unpaired) electrons. The zero-order chi connectivity index (χ0) is 16.2. The Kier molecular flexibility index (Phi) is 4.38. The largest absolute Gasteiger partial charge is 0.349 e. The summed E-state index contributed by atoms with van der Waals surface area (Å²) >= 11 is 1.34. The lowest BCUT2D eigenvalue weighted by Gasteiger charge is -2.05. The molecule has 0 fully saturated rings. The number of nitrogens with one attached hydrogen (secondary N) is 2. The van der Waals surface area contributed by atoms with Gasteiger partial charge in [-0.25, -0.2) is 0 Å². The lowest BCUT2D eigenvalue weighted by Crippen LogP contribution is -2.36. The van der Waals surface area contributed by atoms with Crippen molar-refractivity contribution in [1.82, 2.24) is 20.4 Å². The average molecular weight is 328 g/mol. The highest BCUT2D eigenvalue weighted by Crippen LogP contribution is 2.16. The Morgan fingerprint density at radius 3 is 2.78 bits per heavy atom. The molecule has 0 bridgehead atoms. The van der Waals surface area contributed by atoms with Crippen molar-refractivity contribution in [3.63, 3.8) is 0 Å². The monoisotopic (exact) mass is 328 g/mol. The van der Waals surface area contributed by atoms with E-state index in [4.69, 9.17) is 0 Å². The zero-order valence-corrected chi connectivity index (χ0v) is 13.4. The molecule has 2 heterocycles. The molecule has 0 atom stereocenters. The number of aromatic nitrogens is 2. The molecule has 0 unspecified atom stereocenters. The second-order valence-electron chi connectivity index (χ2n) is 5.02. The van der Waals surface area contributed by atoms with Crippen LogP contribution < -0.4 is 10.6 Å². The van der Waals surface area contributed by atoms with Crippen molar-refractivity contribution in [2.75, 3.05) is 6.54 Å². The molecule has 7 heteroatoms. The summed E-state index contributed by atoms with van der Waals surface area (Å²) < 4.78 is 1.79. The number of carbonyl (C=O) groups is 2. The number of para-hydroxylation sites is 1. The highest BCUT2D eigenvalue weighted by atomic mass is 32.1. The van der Waals surface area contributed by atoms with Gasteiger partial charge in [-0.1, -0.05) is 24.3 Å². The predicted molar refractivity (Wildman–Crippen MR) is 89.2 cm³/mol. The van der Waals surface area contributed by atoms with E-state index in [0.29, 0.717) is 11.4 Å². The van der Waals surface area contributed by atoms with Gasteiger partial charge in [0.05, 0.1) is 29.2 Å². The molecule has 0 aliphatic carbocycles. The summed E-state index contributed by atoms with van der Waals surface area (Å²) in [6.45, 7) is 0.274. The van der Waals surface area contributed by atoms with E-state index in [1.807, 2.05) is 36.7 Å². The molecule has 0 aliphatic heterocycles.